The van der Waals surface area contributed by atoms with Crippen LogP contribution in [0.2, 0.25) is 0 Å². The third-order valence-corrected chi connectivity index (χ3v) is 6.98. The summed E-state index contributed by atoms with van der Waals surface area (Å²) in [7, 11) is 3.64. The van der Waals surface area contributed by atoms with Crippen molar-refractivity contribution in [2.45, 2.75) is 13.1 Å². The second kappa shape index (κ2) is 13.7. The molecule has 0 spiro atoms. The second-order valence-electron chi connectivity index (χ2n) is 10.7. The zero-order valence-electron chi connectivity index (χ0n) is 25.3. The number of amides is 3. The van der Waals surface area contributed by atoms with Crippen molar-refractivity contribution in [2.75, 3.05) is 31.3 Å². The number of likely N-dealkylation sites (N-methyl/N-ethyl adjacent to an activating group) is 1. The Morgan fingerprint density at radius 3 is 2.17 bits per heavy atom. The maximum Gasteiger partial charge on any atom is 0.490 e. The van der Waals surface area contributed by atoms with Gasteiger partial charge in [-0.3, -0.25) is 14.4 Å². The smallest absolute Gasteiger partial charge is 0.475 e. The van der Waals surface area contributed by atoms with Crippen LogP contribution in [0.4, 0.5) is 28.9 Å². The van der Waals surface area contributed by atoms with Crippen molar-refractivity contribution in [3.63, 3.8) is 0 Å². The van der Waals surface area contributed by atoms with Gasteiger partial charge in [-0.25, -0.2) is 9.18 Å². The molecule has 0 unspecified atom stereocenters. The average molecular weight is 652 g/mol. The number of nitrogens with one attached hydrogen (secondary N) is 3. The maximum atomic E-state index is 13.3. The number of nitrogens with two attached hydrogens (primary N) is 1. The first-order valence-corrected chi connectivity index (χ1v) is 13.9. The van der Waals surface area contributed by atoms with Crippen molar-refractivity contribution in [3.05, 3.63) is 95.3 Å². The Hall–Kier alpha value is -5.76. The fraction of sp³-hybridized carbons (Fsp3) is 0.152. The highest BCUT2D eigenvalue weighted by Crippen LogP contribution is 2.39. The molecule has 244 valence electrons. The van der Waals surface area contributed by atoms with E-state index in [4.69, 9.17) is 15.6 Å². The molecule has 10 nitrogen and oxygen atoms in total. The number of benzene rings is 4. The third-order valence-electron chi connectivity index (χ3n) is 6.98. The number of H-pyrrole nitrogens is 1. The van der Waals surface area contributed by atoms with E-state index in [2.05, 4.69) is 15.6 Å². The number of aromatic amines is 1. The van der Waals surface area contributed by atoms with Gasteiger partial charge in [-0.05, 0) is 86.2 Å². The zero-order valence-corrected chi connectivity index (χ0v) is 25.3. The lowest BCUT2D eigenvalue weighted by atomic mass is 9.93. The Kier molecular flexibility index (Phi) is 9.95. The van der Waals surface area contributed by atoms with E-state index >= 15 is 0 Å². The summed E-state index contributed by atoms with van der Waals surface area (Å²) in [5.41, 5.74) is 11.4. The lowest BCUT2D eigenvalue weighted by molar-refractivity contribution is -0.192. The van der Waals surface area contributed by atoms with E-state index in [9.17, 15) is 31.9 Å². The summed E-state index contributed by atoms with van der Waals surface area (Å²) in [6.07, 6.45) is -5.08. The molecule has 0 saturated carbocycles. The predicted molar refractivity (Wildman–Crippen MR) is 170 cm³/mol. The van der Waals surface area contributed by atoms with Crippen molar-refractivity contribution in [3.8, 4) is 11.1 Å². The minimum atomic E-state index is -5.08. The minimum Gasteiger partial charge on any atom is -0.475 e. The van der Waals surface area contributed by atoms with Gasteiger partial charge in [0.25, 0.3) is 11.8 Å². The van der Waals surface area contributed by atoms with Gasteiger partial charge in [-0.15, -0.1) is 0 Å². The number of aromatic nitrogens is 1. The van der Waals surface area contributed by atoms with Gasteiger partial charge in [0, 0.05) is 33.2 Å². The number of carboxylic acids is 1. The van der Waals surface area contributed by atoms with Crippen LogP contribution < -0.4 is 16.4 Å². The Labute approximate surface area is 265 Å². The molecule has 0 fully saturated rings. The number of nitrogens with zero attached hydrogens (tertiary/aromatic N) is 1. The highest BCUT2D eigenvalue weighted by atomic mass is 19.4. The number of carbonyl (C=O) groups is 4. The van der Waals surface area contributed by atoms with Crippen molar-refractivity contribution in [1.82, 2.24) is 9.88 Å². The quantitative estimate of drug-likeness (QED) is 0.138. The molecular weight excluding hydrogens is 622 g/mol. The van der Waals surface area contributed by atoms with Crippen LogP contribution in [0.1, 0.15) is 26.3 Å². The number of aliphatic carboxylic acids is 1. The standard InChI is InChI=1S/C31H28FN5O3.C2HF3O2/c1-17-21(5-4-6-25(17)36-31(40)18-7-9-19(32)10-8-18)22-13-14-24(30(33)39)29-28(22)23-12-11-20(15-26(23)35-29)34-27(38)16-37(2)3;3-2(4,5)1(6)7/h4-15,35H,16H2,1-3H3,(H2,33,39)(H,34,38)(H,36,40);(H,6,7). The van der Waals surface area contributed by atoms with E-state index in [-0.39, 0.29) is 18.4 Å². The number of anilines is 2. The molecule has 0 radical (unpaired) electrons. The van der Waals surface area contributed by atoms with Crippen molar-refractivity contribution < 1.29 is 41.8 Å². The number of halogens is 4. The van der Waals surface area contributed by atoms with Crippen LogP contribution >= 0.6 is 0 Å². The molecule has 1 aromatic heterocycles. The molecule has 0 aliphatic heterocycles. The number of hydrogen-bond donors (Lipinski definition) is 5. The zero-order chi connectivity index (χ0) is 34.6. The summed E-state index contributed by atoms with van der Waals surface area (Å²) in [5.74, 6) is -4.24. The summed E-state index contributed by atoms with van der Waals surface area (Å²) in [5, 5.41) is 14.6. The number of rotatable bonds is 7. The van der Waals surface area contributed by atoms with Crippen LogP contribution in [-0.4, -0.2) is 65.5 Å². The Morgan fingerprint density at radius 1 is 0.915 bits per heavy atom. The fourth-order valence-corrected chi connectivity index (χ4v) is 4.87. The molecule has 0 saturated heterocycles. The van der Waals surface area contributed by atoms with Gasteiger partial charge in [0.1, 0.15) is 5.82 Å². The van der Waals surface area contributed by atoms with Crippen molar-refractivity contribution >= 4 is 56.9 Å². The lowest BCUT2D eigenvalue weighted by Crippen LogP contribution is -2.27. The van der Waals surface area contributed by atoms with E-state index in [1.54, 1.807) is 17.0 Å². The molecule has 47 heavy (non-hydrogen) atoms. The SMILES string of the molecule is Cc1c(NC(=O)c2ccc(F)cc2)cccc1-c1ccc(C(N)=O)c2[nH]c3cc(NC(=O)CN(C)C)ccc3c12.O=C(O)C(F)(F)F. The van der Waals surface area contributed by atoms with E-state index in [0.717, 1.165) is 33.0 Å². The topological polar surface area (TPSA) is 158 Å². The van der Waals surface area contributed by atoms with Crippen LogP contribution in [0.3, 0.4) is 0 Å². The first-order chi connectivity index (χ1) is 22.1. The summed E-state index contributed by atoms with van der Waals surface area (Å²) in [4.78, 5) is 51.4. The van der Waals surface area contributed by atoms with Crippen LogP contribution in [0.15, 0.2) is 72.8 Å². The van der Waals surface area contributed by atoms with E-state index in [1.807, 2.05) is 57.4 Å². The number of fused-ring (bicyclic) bond motifs is 3. The number of alkyl halides is 3. The first kappa shape index (κ1) is 34.1. The molecule has 4 aromatic carbocycles. The molecule has 0 bridgehead atoms. The molecule has 0 aliphatic rings. The van der Waals surface area contributed by atoms with Crippen molar-refractivity contribution in [2.24, 2.45) is 5.73 Å². The van der Waals surface area contributed by atoms with Crippen LogP contribution in [0.25, 0.3) is 32.9 Å². The average Bonchev–Trinajstić information content (AvgIpc) is 3.36. The number of primary amides is 1. The van der Waals surface area contributed by atoms with E-state index in [0.29, 0.717) is 28.0 Å². The summed E-state index contributed by atoms with van der Waals surface area (Å²) >= 11 is 0. The largest absolute Gasteiger partial charge is 0.490 e. The first-order valence-electron chi connectivity index (χ1n) is 13.9. The Balaban J connectivity index is 0.000000644. The monoisotopic (exact) mass is 651 g/mol. The van der Waals surface area contributed by atoms with Gasteiger partial charge in [-0.2, -0.15) is 13.2 Å². The third kappa shape index (κ3) is 7.91. The molecule has 6 N–H and O–H groups in total. The number of carboxylic acid groups (broad SMARTS) is 1. The molecule has 0 aliphatic carbocycles. The molecule has 5 rings (SSSR count). The molecule has 1 heterocycles. The normalized spacial score (nSPS) is 11.2. The Morgan fingerprint density at radius 2 is 1.57 bits per heavy atom. The fourth-order valence-electron chi connectivity index (χ4n) is 4.87. The highest BCUT2D eigenvalue weighted by Gasteiger charge is 2.38. The van der Waals surface area contributed by atoms with Crippen LogP contribution in [-0.2, 0) is 9.59 Å². The van der Waals surface area contributed by atoms with Gasteiger partial charge in [0.2, 0.25) is 5.91 Å². The van der Waals surface area contributed by atoms with Crippen LogP contribution in [0, 0.1) is 12.7 Å². The summed E-state index contributed by atoms with van der Waals surface area (Å²) < 4.78 is 45.0. The maximum absolute atomic E-state index is 13.3. The van der Waals surface area contributed by atoms with Gasteiger partial charge in [-0.1, -0.05) is 24.3 Å². The van der Waals surface area contributed by atoms with Crippen molar-refractivity contribution in [1.29, 1.82) is 0 Å². The Bertz CT molecular complexity index is 2000. The summed E-state index contributed by atoms with van der Waals surface area (Å²) in [6.45, 7) is 2.14. The molecule has 0 atom stereocenters. The molecular formula is C33H29F4N5O5. The second-order valence-corrected chi connectivity index (χ2v) is 10.7. The molecule has 14 heteroatoms. The van der Waals surface area contributed by atoms with E-state index in [1.165, 1.54) is 24.3 Å². The highest BCUT2D eigenvalue weighted by molar-refractivity contribution is 6.20. The van der Waals surface area contributed by atoms with Gasteiger partial charge < -0.3 is 31.4 Å². The lowest BCUT2D eigenvalue weighted by Gasteiger charge is -2.15. The van der Waals surface area contributed by atoms with Gasteiger partial charge in [0.05, 0.1) is 17.6 Å². The van der Waals surface area contributed by atoms with Crippen LogP contribution in [0.5, 0.6) is 0 Å². The summed E-state index contributed by atoms with van der Waals surface area (Å²) in [6, 6.07) is 20.0. The predicted octanol–water partition coefficient (Wildman–Crippen LogP) is 5.92. The van der Waals surface area contributed by atoms with Gasteiger partial charge in [0.15, 0.2) is 0 Å². The van der Waals surface area contributed by atoms with E-state index < -0.39 is 23.9 Å². The number of hydrogen-bond acceptors (Lipinski definition) is 5. The van der Waals surface area contributed by atoms with Gasteiger partial charge >= 0.3 is 12.1 Å². The molecule has 5 aromatic rings. The number of carbonyl (C=O) groups excluding carboxylic acids is 3. The minimum absolute atomic E-state index is 0.144. The molecule has 3 amide bonds.